The Balaban J connectivity index is 2.13. The van der Waals surface area contributed by atoms with E-state index in [1.165, 1.54) is 6.07 Å². The van der Waals surface area contributed by atoms with Gasteiger partial charge in [-0.3, -0.25) is 14.9 Å². The van der Waals surface area contributed by atoms with E-state index in [0.29, 0.717) is 13.1 Å². The molecule has 1 aliphatic rings. The van der Waals surface area contributed by atoms with Crippen LogP contribution in [-0.4, -0.2) is 30.0 Å². The number of nitrogens with one attached hydrogen (secondary N) is 1. The minimum absolute atomic E-state index is 0.0280. The number of hydrogen-bond donors (Lipinski definition) is 1. The van der Waals surface area contributed by atoms with Gasteiger partial charge >= 0.3 is 5.69 Å². The molecule has 1 aromatic rings. The number of nitrogens with zero attached hydrogens (tertiary/aromatic N) is 2. The first-order valence-corrected chi connectivity index (χ1v) is 8.42. The van der Waals surface area contributed by atoms with E-state index in [2.05, 4.69) is 12.2 Å². The monoisotopic (exact) mass is 337 g/mol. The topological polar surface area (TPSA) is 75.5 Å². The van der Waals surface area contributed by atoms with E-state index in [1.807, 2.05) is 6.92 Å². The first kappa shape index (κ1) is 18.2. The summed E-state index contributed by atoms with van der Waals surface area (Å²) >= 11 is 0. The van der Waals surface area contributed by atoms with E-state index < -0.39 is 16.4 Å². The minimum Gasteiger partial charge on any atom is -0.365 e. The molecule has 0 aliphatic carbocycles. The maximum atomic E-state index is 13.8. The first-order chi connectivity index (χ1) is 11.4. The van der Waals surface area contributed by atoms with E-state index in [-0.39, 0.29) is 23.6 Å². The second-order valence-electron chi connectivity index (χ2n) is 6.35. The third kappa shape index (κ3) is 4.21. The van der Waals surface area contributed by atoms with Gasteiger partial charge in [-0.05, 0) is 38.3 Å². The summed E-state index contributed by atoms with van der Waals surface area (Å²) in [5, 5.41) is 14.2. The molecule has 1 aliphatic heterocycles. The molecule has 132 valence electrons. The number of piperidine rings is 1. The highest BCUT2D eigenvalue weighted by molar-refractivity contribution is 5.80. The number of nitro groups is 1. The van der Waals surface area contributed by atoms with Gasteiger partial charge in [-0.2, -0.15) is 4.39 Å². The molecule has 1 N–H and O–H groups in total. The number of hydrogen-bond acceptors (Lipinski definition) is 4. The van der Waals surface area contributed by atoms with Crippen molar-refractivity contribution in [3.63, 3.8) is 0 Å². The van der Waals surface area contributed by atoms with Gasteiger partial charge in [0.15, 0.2) is 0 Å². The van der Waals surface area contributed by atoms with E-state index in [0.717, 1.165) is 31.7 Å². The summed E-state index contributed by atoms with van der Waals surface area (Å²) in [5.41, 5.74) is -0.267. The number of nitro benzene ring substituents is 1. The van der Waals surface area contributed by atoms with Gasteiger partial charge in [-0.1, -0.05) is 19.4 Å². The summed E-state index contributed by atoms with van der Waals surface area (Å²) in [5.74, 6) is -1.11. The summed E-state index contributed by atoms with van der Waals surface area (Å²) in [6.45, 7) is 4.99. The van der Waals surface area contributed by atoms with Crippen LogP contribution in [0.5, 0.6) is 0 Å². The largest absolute Gasteiger partial charge is 0.365 e. The average molecular weight is 337 g/mol. The Labute approximate surface area is 141 Å². The molecular formula is C17H24FN3O3. The van der Waals surface area contributed by atoms with E-state index in [1.54, 1.807) is 11.0 Å². The molecule has 2 atom stereocenters. The first-order valence-electron chi connectivity index (χ1n) is 8.42. The van der Waals surface area contributed by atoms with Gasteiger partial charge in [-0.25, -0.2) is 0 Å². The molecule has 1 heterocycles. The Kier molecular flexibility index (Phi) is 6.11. The number of para-hydroxylation sites is 1. The number of carbonyl (C=O) groups is 1. The van der Waals surface area contributed by atoms with E-state index in [9.17, 15) is 19.3 Å². The van der Waals surface area contributed by atoms with Crippen LogP contribution in [0.3, 0.4) is 0 Å². The van der Waals surface area contributed by atoms with Crippen LogP contribution >= 0.6 is 0 Å². The van der Waals surface area contributed by atoms with Crippen LogP contribution in [-0.2, 0) is 4.79 Å². The summed E-state index contributed by atoms with van der Waals surface area (Å²) in [7, 11) is 0. The zero-order valence-corrected chi connectivity index (χ0v) is 14.1. The van der Waals surface area contributed by atoms with Crippen LogP contribution in [0.4, 0.5) is 15.8 Å². The van der Waals surface area contributed by atoms with Gasteiger partial charge in [0.1, 0.15) is 5.69 Å². The predicted molar refractivity (Wildman–Crippen MR) is 90.5 cm³/mol. The zero-order chi connectivity index (χ0) is 17.7. The van der Waals surface area contributed by atoms with Gasteiger partial charge in [0.2, 0.25) is 11.7 Å². The van der Waals surface area contributed by atoms with Crippen molar-refractivity contribution in [2.45, 2.75) is 45.6 Å². The Morgan fingerprint density at radius 2 is 2.29 bits per heavy atom. The molecule has 0 bridgehead atoms. The lowest BCUT2D eigenvalue weighted by Crippen LogP contribution is -2.45. The highest BCUT2D eigenvalue weighted by atomic mass is 19.1. The highest BCUT2D eigenvalue weighted by Gasteiger charge is 2.31. The number of rotatable bonds is 6. The van der Waals surface area contributed by atoms with Gasteiger partial charge in [0.05, 0.1) is 10.8 Å². The Morgan fingerprint density at radius 1 is 1.54 bits per heavy atom. The number of carbonyl (C=O) groups excluding carboxylic acids is 1. The standard InChI is InChI=1S/C17H24FN3O3/c1-3-6-12(2)19-17(22)13-7-5-10-20(11-13)15-9-4-8-14(18)16(15)21(23)24/h4,8-9,12-13H,3,5-7,10-11H2,1-2H3,(H,19,22). The molecule has 2 rings (SSSR count). The summed E-state index contributed by atoms with van der Waals surface area (Å²) in [6, 6.07) is 4.20. The number of anilines is 1. The highest BCUT2D eigenvalue weighted by Crippen LogP contribution is 2.33. The minimum atomic E-state index is -0.847. The normalized spacial score (nSPS) is 19.0. The Morgan fingerprint density at radius 3 is 2.96 bits per heavy atom. The molecular weight excluding hydrogens is 313 g/mol. The second-order valence-corrected chi connectivity index (χ2v) is 6.35. The molecule has 2 unspecified atom stereocenters. The molecule has 1 saturated heterocycles. The number of benzene rings is 1. The molecule has 1 amide bonds. The van der Waals surface area contributed by atoms with E-state index in [4.69, 9.17) is 0 Å². The molecule has 0 spiro atoms. The van der Waals surface area contributed by atoms with Crippen molar-refractivity contribution in [2.75, 3.05) is 18.0 Å². The maximum absolute atomic E-state index is 13.8. The van der Waals surface area contributed by atoms with Crippen molar-refractivity contribution in [1.29, 1.82) is 0 Å². The SMILES string of the molecule is CCCC(C)NC(=O)C1CCCN(c2cccc(F)c2[N+](=O)[O-])C1. The smallest absolute Gasteiger partial charge is 0.327 e. The predicted octanol–water partition coefficient (Wildman–Crippen LogP) is 3.26. The van der Waals surface area contributed by atoms with Crippen LogP contribution in [0, 0.1) is 21.8 Å². The lowest BCUT2D eigenvalue weighted by atomic mass is 9.96. The molecule has 0 radical (unpaired) electrons. The third-order valence-corrected chi connectivity index (χ3v) is 4.39. The summed E-state index contributed by atoms with van der Waals surface area (Å²) in [4.78, 5) is 24.6. The van der Waals surface area contributed by atoms with Crippen LogP contribution in [0.2, 0.25) is 0 Å². The number of amides is 1. The van der Waals surface area contributed by atoms with Crippen LogP contribution in [0.1, 0.15) is 39.5 Å². The maximum Gasteiger partial charge on any atom is 0.327 e. The summed E-state index contributed by atoms with van der Waals surface area (Å²) < 4.78 is 13.8. The average Bonchev–Trinajstić information content (AvgIpc) is 2.54. The second kappa shape index (κ2) is 8.08. The van der Waals surface area contributed by atoms with Crippen LogP contribution in [0.25, 0.3) is 0 Å². The van der Waals surface area contributed by atoms with E-state index >= 15 is 0 Å². The fourth-order valence-electron chi connectivity index (χ4n) is 3.22. The fourth-order valence-corrected chi connectivity index (χ4v) is 3.22. The zero-order valence-electron chi connectivity index (χ0n) is 14.1. The Hall–Kier alpha value is -2.18. The number of halogens is 1. The molecule has 7 heteroatoms. The Bertz CT molecular complexity index is 609. The summed E-state index contributed by atoms with van der Waals surface area (Å²) in [6.07, 6.45) is 3.39. The van der Waals surface area contributed by atoms with Crippen molar-refractivity contribution in [2.24, 2.45) is 5.92 Å². The fraction of sp³-hybridized carbons (Fsp3) is 0.588. The van der Waals surface area contributed by atoms with Crippen LogP contribution < -0.4 is 10.2 Å². The molecule has 1 fully saturated rings. The van der Waals surface area contributed by atoms with Crippen molar-refractivity contribution >= 4 is 17.3 Å². The molecule has 0 aromatic heterocycles. The lowest BCUT2D eigenvalue weighted by Gasteiger charge is -2.33. The molecule has 0 saturated carbocycles. The third-order valence-electron chi connectivity index (χ3n) is 4.39. The van der Waals surface area contributed by atoms with Gasteiger partial charge in [-0.15, -0.1) is 0 Å². The van der Waals surface area contributed by atoms with Gasteiger partial charge in [0, 0.05) is 19.1 Å². The van der Waals surface area contributed by atoms with Crippen LogP contribution in [0.15, 0.2) is 18.2 Å². The molecule has 24 heavy (non-hydrogen) atoms. The molecule has 6 nitrogen and oxygen atoms in total. The van der Waals surface area contributed by atoms with Crippen molar-refractivity contribution in [3.05, 3.63) is 34.1 Å². The van der Waals surface area contributed by atoms with Gasteiger partial charge in [0.25, 0.3) is 0 Å². The van der Waals surface area contributed by atoms with Crippen molar-refractivity contribution in [3.8, 4) is 0 Å². The van der Waals surface area contributed by atoms with Crippen molar-refractivity contribution in [1.82, 2.24) is 5.32 Å². The van der Waals surface area contributed by atoms with Crippen molar-refractivity contribution < 1.29 is 14.1 Å². The quantitative estimate of drug-likeness (QED) is 0.638. The van der Waals surface area contributed by atoms with Gasteiger partial charge < -0.3 is 10.2 Å². The molecule has 1 aromatic carbocycles. The lowest BCUT2D eigenvalue weighted by molar-refractivity contribution is -0.386.